The van der Waals surface area contributed by atoms with E-state index in [0.29, 0.717) is 5.56 Å². The van der Waals surface area contributed by atoms with Gasteiger partial charge in [0.15, 0.2) is 6.04 Å². The number of amides is 1. The molecule has 0 aliphatic rings. The number of rotatable bonds is 5. The van der Waals surface area contributed by atoms with Crippen LogP contribution in [0.25, 0.3) is 0 Å². The lowest BCUT2D eigenvalue weighted by atomic mass is 10.1. The minimum Gasteiger partial charge on any atom is -0.508 e. The lowest BCUT2D eigenvalue weighted by Crippen LogP contribution is -2.38. The number of benzene rings is 2. The van der Waals surface area contributed by atoms with Crippen LogP contribution in [-0.4, -0.2) is 43.0 Å². The van der Waals surface area contributed by atoms with Crippen molar-refractivity contribution in [1.29, 1.82) is 0 Å². The molecule has 0 radical (unpaired) electrons. The van der Waals surface area contributed by atoms with Gasteiger partial charge in [-0.15, -0.1) is 12.4 Å². The van der Waals surface area contributed by atoms with E-state index in [1.165, 1.54) is 38.5 Å². The highest BCUT2D eigenvalue weighted by molar-refractivity contribution is 5.85. The summed E-state index contributed by atoms with van der Waals surface area (Å²) in [5.74, 6) is -0.975. The van der Waals surface area contributed by atoms with Gasteiger partial charge in [-0.05, 0) is 44.0 Å². The fourth-order valence-corrected chi connectivity index (χ4v) is 2.41. The number of nitrogens with one attached hydrogen (secondary N) is 1. The number of phenols is 1. The van der Waals surface area contributed by atoms with Crippen LogP contribution in [0.3, 0.4) is 0 Å². The zero-order chi connectivity index (χ0) is 24.3. The van der Waals surface area contributed by atoms with Crippen molar-refractivity contribution in [3.63, 3.8) is 0 Å². The molecule has 33 heavy (non-hydrogen) atoms. The van der Waals surface area contributed by atoms with E-state index in [4.69, 9.17) is 10.5 Å². The van der Waals surface area contributed by atoms with E-state index in [1.807, 2.05) is 18.2 Å². The number of carbonyl (C=O) groups excluding carboxylic acids is 3. The Bertz CT molecular complexity index is 884. The molecule has 0 fully saturated rings. The molecule has 0 spiro atoms. The van der Waals surface area contributed by atoms with Crippen molar-refractivity contribution in [3.05, 3.63) is 65.7 Å². The molecule has 2 aromatic carbocycles. The van der Waals surface area contributed by atoms with Gasteiger partial charge in [0.2, 0.25) is 0 Å². The predicted molar refractivity (Wildman–Crippen MR) is 125 cm³/mol. The first kappa shape index (κ1) is 29.7. The van der Waals surface area contributed by atoms with Crippen LogP contribution in [0.1, 0.15) is 44.0 Å². The molecule has 2 rings (SSSR count). The fourth-order valence-electron chi connectivity index (χ4n) is 2.41. The normalized spacial score (nSPS) is 11.9. The van der Waals surface area contributed by atoms with Gasteiger partial charge in [-0.3, -0.25) is 4.79 Å². The summed E-state index contributed by atoms with van der Waals surface area (Å²) in [5, 5.41) is 11.7. The number of hydrogen-bond donors (Lipinski definition) is 3. The maximum Gasteiger partial charge on any atom is 0.408 e. The van der Waals surface area contributed by atoms with Gasteiger partial charge in [0.25, 0.3) is 0 Å². The average Bonchev–Trinajstić information content (AvgIpc) is 2.76. The molecule has 0 saturated carbocycles. The van der Waals surface area contributed by atoms with E-state index in [2.05, 4.69) is 14.8 Å². The molecule has 0 aliphatic heterocycles. The first-order valence-electron chi connectivity index (χ1n) is 9.73. The van der Waals surface area contributed by atoms with Crippen molar-refractivity contribution in [2.24, 2.45) is 5.73 Å². The van der Waals surface area contributed by atoms with Gasteiger partial charge in [-0.2, -0.15) is 0 Å². The second kappa shape index (κ2) is 14.0. The summed E-state index contributed by atoms with van der Waals surface area (Å²) >= 11 is 0. The summed E-state index contributed by atoms with van der Waals surface area (Å²) in [6, 6.07) is 13.3. The largest absolute Gasteiger partial charge is 0.508 e. The van der Waals surface area contributed by atoms with E-state index in [0.717, 1.165) is 5.56 Å². The molecule has 0 heterocycles. The number of aromatic hydroxyl groups is 1. The number of halogens is 1. The van der Waals surface area contributed by atoms with Crippen molar-refractivity contribution in [2.75, 3.05) is 14.2 Å². The summed E-state index contributed by atoms with van der Waals surface area (Å²) in [4.78, 5) is 34.4. The second-order valence-corrected chi connectivity index (χ2v) is 7.61. The van der Waals surface area contributed by atoms with Gasteiger partial charge in [-0.1, -0.05) is 42.5 Å². The molecular weight excluding hydrogens is 452 g/mol. The average molecular weight is 483 g/mol. The Balaban J connectivity index is 0.000000675. The van der Waals surface area contributed by atoms with Gasteiger partial charge < -0.3 is 30.4 Å². The van der Waals surface area contributed by atoms with Gasteiger partial charge in [-0.25, -0.2) is 9.59 Å². The van der Waals surface area contributed by atoms with E-state index in [9.17, 15) is 19.5 Å². The highest BCUT2D eigenvalue weighted by Gasteiger charge is 2.26. The van der Waals surface area contributed by atoms with E-state index >= 15 is 0 Å². The van der Waals surface area contributed by atoms with Crippen LogP contribution in [0.15, 0.2) is 54.6 Å². The Morgan fingerprint density at radius 3 is 1.85 bits per heavy atom. The Morgan fingerprint density at radius 2 is 1.39 bits per heavy atom. The van der Waals surface area contributed by atoms with Crippen LogP contribution in [0.5, 0.6) is 5.75 Å². The predicted octanol–water partition coefficient (Wildman–Crippen LogP) is 3.41. The second-order valence-electron chi connectivity index (χ2n) is 7.61. The van der Waals surface area contributed by atoms with Crippen LogP contribution in [0, 0.1) is 0 Å². The molecule has 2 atom stereocenters. The third-order valence-corrected chi connectivity index (χ3v) is 3.94. The Morgan fingerprint density at radius 1 is 0.879 bits per heavy atom. The molecule has 9 nitrogen and oxygen atoms in total. The first-order chi connectivity index (χ1) is 15.0. The number of hydrogen-bond acceptors (Lipinski definition) is 8. The molecule has 4 N–H and O–H groups in total. The van der Waals surface area contributed by atoms with Gasteiger partial charge in [0, 0.05) is 0 Å². The van der Waals surface area contributed by atoms with Gasteiger partial charge in [0.1, 0.15) is 17.4 Å². The molecule has 0 aromatic heterocycles. The van der Waals surface area contributed by atoms with Crippen LogP contribution >= 0.6 is 12.4 Å². The molecule has 0 aliphatic carbocycles. The summed E-state index contributed by atoms with van der Waals surface area (Å²) < 4.78 is 14.3. The summed E-state index contributed by atoms with van der Waals surface area (Å²) in [5.41, 5.74) is 6.16. The van der Waals surface area contributed by atoms with Crippen LogP contribution in [-0.2, 0) is 23.8 Å². The zero-order valence-electron chi connectivity index (χ0n) is 19.2. The highest BCUT2D eigenvalue weighted by Crippen LogP contribution is 2.19. The van der Waals surface area contributed by atoms with Gasteiger partial charge in [0.05, 0.1) is 14.2 Å². The topological polar surface area (TPSA) is 137 Å². The van der Waals surface area contributed by atoms with Gasteiger partial charge >= 0.3 is 18.0 Å². The standard InChI is InChI=1S/C14H19NO5.C9H11NO2.ClH/c1-14(2,3)20-13(18)15-11(12(17)19-4)9-5-7-10(16)8-6-9;1-12-9(11)8(10)7-5-3-2-4-6-7;/h5-8,11,16H,1-4H3,(H,15,18);2-6,8H,10H2,1H3;1H/t11-;8-;/m11./s1. The van der Waals surface area contributed by atoms with Crippen molar-refractivity contribution in [1.82, 2.24) is 5.32 Å². The van der Waals surface area contributed by atoms with Crippen LogP contribution < -0.4 is 11.1 Å². The molecule has 0 unspecified atom stereocenters. The number of nitrogens with two attached hydrogens (primary N) is 1. The zero-order valence-corrected chi connectivity index (χ0v) is 20.0. The first-order valence-corrected chi connectivity index (χ1v) is 9.73. The monoisotopic (exact) mass is 482 g/mol. The molecule has 0 saturated heterocycles. The summed E-state index contributed by atoms with van der Waals surface area (Å²) in [7, 11) is 2.55. The van der Waals surface area contributed by atoms with E-state index in [1.54, 1.807) is 32.9 Å². The Kier molecular flexibility index (Phi) is 12.6. The summed E-state index contributed by atoms with van der Waals surface area (Å²) in [6.07, 6.45) is -0.721. The molecular formula is C23H31ClN2O7. The minimum absolute atomic E-state index is 0. The van der Waals surface area contributed by atoms with Crippen molar-refractivity contribution in [2.45, 2.75) is 38.5 Å². The third-order valence-electron chi connectivity index (χ3n) is 3.94. The van der Waals surface area contributed by atoms with E-state index in [-0.39, 0.29) is 18.2 Å². The maximum atomic E-state index is 11.7. The molecule has 10 heteroatoms. The van der Waals surface area contributed by atoms with Crippen LogP contribution in [0.2, 0.25) is 0 Å². The highest BCUT2D eigenvalue weighted by atomic mass is 35.5. The number of esters is 2. The third kappa shape index (κ3) is 10.7. The quantitative estimate of drug-likeness (QED) is 0.435. The maximum absolute atomic E-state index is 11.7. The van der Waals surface area contributed by atoms with E-state index < -0.39 is 35.7 Å². The minimum atomic E-state index is -0.990. The van der Waals surface area contributed by atoms with Crippen molar-refractivity contribution in [3.8, 4) is 5.75 Å². The number of alkyl carbamates (subject to hydrolysis) is 1. The molecule has 0 bridgehead atoms. The summed E-state index contributed by atoms with van der Waals surface area (Å²) in [6.45, 7) is 5.17. The van der Waals surface area contributed by atoms with Crippen LogP contribution in [0.4, 0.5) is 4.79 Å². The number of carbonyl (C=O) groups is 3. The Labute approximate surface area is 199 Å². The SMILES string of the molecule is COC(=O)[C@H](N)c1ccccc1.COC(=O)[C@H](NC(=O)OC(C)(C)C)c1ccc(O)cc1.Cl. The molecule has 2 aromatic rings. The molecule has 1 amide bonds. The fraction of sp³-hybridized carbons (Fsp3) is 0.348. The smallest absolute Gasteiger partial charge is 0.408 e. The molecule has 182 valence electrons. The lowest BCUT2D eigenvalue weighted by Gasteiger charge is -2.22. The van der Waals surface area contributed by atoms with Crippen molar-refractivity contribution < 1.29 is 33.7 Å². The Hall–Kier alpha value is -3.30. The lowest BCUT2D eigenvalue weighted by molar-refractivity contribution is -0.143. The number of phenolic OH excluding ortho intramolecular Hbond substituents is 1. The number of ether oxygens (including phenoxy) is 3. The number of methoxy groups -OCH3 is 2. The van der Waals surface area contributed by atoms with Crippen molar-refractivity contribution >= 4 is 30.4 Å².